The number of hydrogen-bond donors (Lipinski definition) is 0. The molecule has 0 amide bonds. The molecule has 0 radical (unpaired) electrons. The smallest absolute Gasteiger partial charge is 0.192 e. The van der Waals surface area contributed by atoms with Crippen LogP contribution < -0.4 is 4.57 Å². The first-order valence-electron chi connectivity index (χ1n) is 11.3. The van der Waals surface area contributed by atoms with Crippen molar-refractivity contribution in [1.82, 2.24) is 0 Å². The Morgan fingerprint density at radius 1 is 0.889 bits per heavy atom. The van der Waals surface area contributed by atoms with E-state index in [1.807, 2.05) is 0 Å². The zero-order chi connectivity index (χ0) is 18.8. The minimum absolute atomic E-state index is 0.160. The molecule has 6 rings (SSSR count). The lowest BCUT2D eigenvalue weighted by molar-refractivity contribution is -0.769. The fourth-order valence-corrected chi connectivity index (χ4v) is 7.17. The molecule has 1 unspecified atom stereocenters. The molecule has 2 heterocycles. The molecule has 142 valence electrons. The van der Waals surface area contributed by atoms with Crippen molar-refractivity contribution in [3.8, 4) is 11.3 Å². The summed E-state index contributed by atoms with van der Waals surface area (Å²) < 4.78 is 2.65. The van der Waals surface area contributed by atoms with Gasteiger partial charge >= 0.3 is 0 Å². The van der Waals surface area contributed by atoms with E-state index in [0.29, 0.717) is 0 Å². The van der Waals surface area contributed by atoms with E-state index in [1.54, 1.807) is 16.7 Å². The average molecular weight is 361 g/mol. The second-order valence-electron chi connectivity index (χ2n) is 9.46. The van der Waals surface area contributed by atoms with Crippen LogP contribution in [0.1, 0.15) is 101 Å². The van der Waals surface area contributed by atoms with Gasteiger partial charge in [0.05, 0.1) is 11.0 Å². The second kappa shape index (κ2) is 5.93. The van der Waals surface area contributed by atoms with Gasteiger partial charge in [0.1, 0.15) is 0 Å². The predicted molar refractivity (Wildman–Crippen MR) is 112 cm³/mol. The molecule has 1 atom stereocenters. The molecule has 27 heavy (non-hydrogen) atoms. The van der Waals surface area contributed by atoms with Crippen LogP contribution in [0.25, 0.3) is 11.3 Å². The first kappa shape index (κ1) is 17.5. The number of benzene rings is 1. The summed E-state index contributed by atoms with van der Waals surface area (Å²) in [5, 5.41) is 0. The minimum atomic E-state index is 0.160. The summed E-state index contributed by atoms with van der Waals surface area (Å²) in [6.07, 6.45) is 11.5. The summed E-state index contributed by atoms with van der Waals surface area (Å²) in [4.78, 5) is 0. The van der Waals surface area contributed by atoms with Gasteiger partial charge in [0.25, 0.3) is 0 Å². The van der Waals surface area contributed by atoms with Crippen molar-refractivity contribution < 1.29 is 4.57 Å². The van der Waals surface area contributed by atoms with Crippen molar-refractivity contribution in [2.75, 3.05) is 0 Å². The summed E-state index contributed by atoms with van der Waals surface area (Å²) in [5.74, 6) is 1.63. The minimum Gasteiger partial charge on any atom is -0.192 e. The number of nitrogens with zero attached hydrogens (tertiary/aromatic N) is 1. The van der Waals surface area contributed by atoms with Crippen molar-refractivity contribution in [1.29, 1.82) is 0 Å². The Kier molecular flexibility index (Phi) is 3.84. The fraction of sp³-hybridized carbons (Fsp3) is 0.577. The highest BCUT2D eigenvalue weighted by Gasteiger charge is 2.58. The highest BCUT2D eigenvalue weighted by Crippen LogP contribution is 2.56. The molecule has 2 aromatic rings. The largest absolute Gasteiger partial charge is 0.213 e. The quantitative estimate of drug-likeness (QED) is 0.543. The maximum absolute atomic E-state index is 2.68. The van der Waals surface area contributed by atoms with Crippen molar-refractivity contribution in [2.45, 2.75) is 95.4 Å². The van der Waals surface area contributed by atoms with E-state index in [4.69, 9.17) is 0 Å². The van der Waals surface area contributed by atoms with Gasteiger partial charge in [-0.3, -0.25) is 0 Å². The van der Waals surface area contributed by atoms with Crippen molar-refractivity contribution in [3.63, 3.8) is 0 Å². The van der Waals surface area contributed by atoms with Crippen LogP contribution in [0.4, 0.5) is 0 Å². The molecule has 1 fully saturated rings. The normalized spacial score (nSPS) is 29.8. The molecule has 1 heteroatoms. The van der Waals surface area contributed by atoms with Gasteiger partial charge in [0.15, 0.2) is 11.7 Å². The first-order valence-corrected chi connectivity index (χ1v) is 11.3. The number of aromatic nitrogens is 1. The number of rotatable bonds is 3. The topological polar surface area (TPSA) is 3.88 Å². The molecular weight excluding hydrogens is 326 g/mol. The van der Waals surface area contributed by atoms with E-state index in [0.717, 1.165) is 11.8 Å². The van der Waals surface area contributed by atoms with Gasteiger partial charge in [0, 0.05) is 25.0 Å². The Hall–Kier alpha value is -1.63. The Bertz CT molecular complexity index is 883. The molecule has 1 saturated carbocycles. The molecule has 1 aromatic heterocycles. The average Bonchev–Trinajstić information content (AvgIpc) is 2.74. The lowest BCUT2D eigenvalue weighted by Crippen LogP contribution is -2.68. The van der Waals surface area contributed by atoms with Crippen LogP contribution in [0, 0.1) is 0 Å². The van der Waals surface area contributed by atoms with Gasteiger partial charge in [-0.05, 0) is 79.7 Å². The van der Waals surface area contributed by atoms with Gasteiger partial charge in [-0.2, -0.15) is 4.57 Å². The van der Waals surface area contributed by atoms with Gasteiger partial charge in [-0.15, -0.1) is 0 Å². The first-order chi connectivity index (χ1) is 13.1. The molecular formula is C26H34N+. The lowest BCUT2D eigenvalue weighted by atomic mass is 9.57. The third kappa shape index (κ3) is 2.04. The van der Waals surface area contributed by atoms with Gasteiger partial charge in [-0.1, -0.05) is 26.8 Å². The van der Waals surface area contributed by atoms with Crippen LogP contribution in [0.2, 0.25) is 0 Å². The SMILES string of the molecule is CCC1(C)c2cc3c(cc2-c2cccc[n+]2C1(CC)CC)C1CCC3CC1. The van der Waals surface area contributed by atoms with Crippen LogP contribution in [-0.4, -0.2) is 0 Å². The van der Waals surface area contributed by atoms with E-state index in [2.05, 4.69) is 68.8 Å². The number of pyridine rings is 1. The van der Waals surface area contributed by atoms with E-state index in [1.165, 1.54) is 56.2 Å². The van der Waals surface area contributed by atoms with E-state index in [-0.39, 0.29) is 11.0 Å². The zero-order valence-corrected chi connectivity index (χ0v) is 17.5. The summed E-state index contributed by atoms with van der Waals surface area (Å²) >= 11 is 0. The molecule has 1 aromatic carbocycles. The summed E-state index contributed by atoms with van der Waals surface area (Å²) in [6, 6.07) is 12.1. The van der Waals surface area contributed by atoms with Gasteiger partial charge in [-0.25, -0.2) is 0 Å². The molecule has 4 aliphatic rings. The zero-order valence-electron chi connectivity index (χ0n) is 17.5. The molecule has 0 N–H and O–H groups in total. The maximum Gasteiger partial charge on any atom is 0.213 e. The maximum atomic E-state index is 2.68. The fourth-order valence-electron chi connectivity index (χ4n) is 7.17. The Morgan fingerprint density at radius 2 is 1.52 bits per heavy atom. The molecule has 3 aliphatic carbocycles. The van der Waals surface area contributed by atoms with Crippen LogP contribution in [0.5, 0.6) is 0 Å². The monoisotopic (exact) mass is 360 g/mol. The van der Waals surface area contributed by atoms with Crippen molar-refractivity contribution in [2.24, 2.45) is 0 Å². The Labute approximate surface area is 164 Å². The standard InChI is InChI=1S/C26H34N/c1-5-25(4)23-17-21-19-13-11-18(12-14-19)20(21)16-22(23)24-10-8-9-15-27(24)26(25,6-2)7-3/h8-10,15-19H,5-7,11-14H2,1-4H3/q+1. The molecule has 1 aliphatic heterocycles. The molecule has 1 nitrogen and oxygen atoms in total. The molecule has 0 saturated heterocycles. The lowest BCUT2D eigenvalue weighted by Gasteiger charge is -2.49. The summed E-state index contributed by atoms with van der Waals surface area (Å²) in [5.41, 5.74) is 8.32. The van der Waals surface area contributed by atoms with Gasteiger partial charge in [0.2, 0.25) is 5.69 Å². The number of fused-ring (bicyclic) bond motifs is 5. The third-order valence-electron chi connectivity index (χ3n) is 8.93. The highest BCUT2D eigenvalue weighted by atomic mass is 15.1. The van der Waals surface area contributed by atoms with Crippen molar-refractivity contribution in [3.05, 3.63) is 53.2 Å². The predicted octanol–water partition coefficient (Wildman–Crippen LogP) is 6.59. The van der Waals surface area contributed by atoms with Crippen molar-refractivity contribution >= 4 is 0 Å². The van der Waals surface area contributed by atoms with E-state index in [9.17, 15) is 0 Å². The van der Waals surface area contributed by atoms with E-state index >= 15 is 0 Å². The molecule has 0 spiro atoms. The Balaban J connectivity index is 1.86. The van der Waals surface area contributed by atoms with Crippen LogP contribution in [0.15, 0.2) is 36.5 Å². The second-order valence-corrected chi connectivity index (χ2v) is 9.46. The summed E-state index contributed by atoms with van der Waals surface area (Å²) in [7, 11) is 0. The highest BCUT2D eigenvalue weighted by molar-refractivity contribution is 5.68. The van der Waals surface area contributed by atoms with Crippen LogP contribution in [0.3, 0.4) is 0 Å². The van der Waals surface area contributed by atoms with Crippen LogP contribution in [-0.2, 0) is 11.0 Å². The third-order valence-corrected chi connectivity index (χ3v) is 8.93. The number of hydrogen-bond acceptors (Lipinski definition) is 0. The molecule has 2 bridgehead atoms. The Morgan fingerprint density at radius 3 is 2.11 bits per heavy atom. The van der Waals surface area contributed by atoms with E-state index < -0.39 is 0 Å². The van der Waals surface area contributed by atoms with Gasteiger partial charge < -0.3 is 0 Å². The van der Waals surface area contributed by atoms with Crippen LogP contribution >= 0.6 is 0 Å². The summed E-state index contributed by atoms with van der Waals surface area (Å²) in [6.45, 7) is 9.75.